The summed E-state index contributed by atoms with van der Waals surface area (Å²) < 4.78 is 1.91. The first-order valence-corrected chi connectivity index (χ1v) is 10.2. The van der Waals surface area contributed by atoms with E-state index in [2.05, 4.69) is 28.7 Å². The molecular weight excluding hydrogens is 411 g/mol. The lowest BCUT2D eigenvalue weighted by molar-refractivity contribution is 0.659. The standard InChI is InChI=1S/C21H22Cl2N4S/c1-4-15-7-5-6-8-19(15)24-21(28)25-20-13(2)26-27(14(20)3)12-16-9-10-17(22)11-18(16)23/h5-11H,4,12H2,1-3H3,(H2,24,25,28). The van der Waals surface area contributed by atoms with Gasteiger partial charge in [-0.2, -0.15) is 5.10 Å². The van der Waals surface area contributed by atoms with Crippen LogP contribution in [0.25, 0.3) is 0 Å². The van der Waals surface area contributed by atoms with Gasteiger partial charge in [0.1, 0.15) is 0 Å². The molecule has 2 aromatic carbocycles. The van der Waals surface area contributed by atoms with Gasteiger partial charge in [0.05, 0.1) is 23.6 Å². The zero-order chi connectivity index (χ0) is 20.3. The van der Waals surface area contributed by atoms with Crippen molar-refractivity contribution in [3.8, 4) is 0 Å². The monoisotopic (exact) mass is 432 g/mol. The predicted octanol–water partition coefficient (Wildman–Crippen LogP) is 6.23. The van der Waals surface area contributed by atoms with Crippen molar-refractivity contribution in [2.45, 2.75) is 33.7 Å². The third kappa shape index (κ3) is 4.66. The van der Waals surface area contributed by atoms with Gasteiger partial charge in [0, 0.05) is 15.7 Å². The van der Waals surface area contributed by atoms with E-state index in [1.807, 2.05) is 48.9 Å². The van der Waals surface area contributed by atoms with E-state index in [1.54, 1.807) is 6.07 Å². The molecular formula is C21H22Cl2N4S. The highest BCUT2D eigenvalue weighted by Crippen LogP contribution is 2.25. The van der Waals surface area contributed by atoms with Gasteiger partial charge in [0.2, 0.25) is 0 Å². The average Bonchev–Trinajstić information content (AvgIpc) is 2.92. The quantitative estimate of drug-likeness (QED) is 0.469. The molecule has 0 atom stereocenters. The molecule has 0 bridgehead atoms. The van der Waals surface area contributed by atoms with Crippen molar-refractivity contribution in [2.24, 2.45) is 0 Å². The Bertz CT molecular complexity index is 1010. The van der Waals surface area contributed by atoms with E-state index in [-0.39, 0.29) is 0 Å². The lowest BCUT2D eigenvalue weighted by Gasteiger charge is -2.14. The minimum absolute atomic E-state index is 0.538. The van der Waals surface area contributed by atoms with Crippen LogP contribution >= 0.6 is 35.4 Å². The van der Waals surface area contributed by atoms with Gasteiger partial charge in [-0.1, -0.05) is 54.4 Å². The highest BCUT2D eigenvalue weighted by atomic mass is 35.5. The van der Waals surface area contributed by atoms with Crippen LogP contribution in [0.5, 0.6) is 0 Å². The van der Waals surface area contributed by atoms with Gasteiger partial charge in [-0.05, 0) is 61.8 Å². The van der Waals surface area contributed by atoms with E-state index < -0.39 is 0 Å². The molecule has 146 valence electrons. The second kappa shape index (κ2) is 8.95. The van der Waals surface area contributed by atoms with Crippen LogP contribution in [0.2, 0.25) is 10.0 Å². The van der Waals surface area contributed by atoms with Crippen LogP contribution in [-0.2, 0) is 13.0 Å². The molecule has 0 spiro atoms. The number of aryl methyl sites for hydroxylation is 2. The second-order valence-electron chi connectivity index (χ2n) is 6.53. The van der Waals surface area contributed by atoms with E-state index in [9.17, 15) is 0 Å². The summed E-state index contributed by atoms with van der Waals surface area (Å²) in [7, 11) is 0. The number of nitrogens with one attached hydrogen (secondary N) is 2. The normalized spacial score (nSPS) is 10.8. The number of thiocarbonyl (C=S) groups is 1. The summed E-state index contributed by atoms with van der Waals surface area (Å²) in [6.45, 7) is 6.65. The van der Waals surface area contributed by atoms with Crippen LogP contribution in [0.15, 0.2) is 42.5 Å². The van der Waals surface area contributed by atoms with Gasteiger partial charge < -0.3 is 10.6 Å². The van der Waals surface area contributed by atoms with Gasteiger partial charge in [-0.3, -0.25) is 4.68 Å². The second-order valence-corrected chi connectivity index (χ2v) is 7.78. The molecule has 0 saturated carbocycles. The molecule has 0 saturated heterocycles. The molecule has 1 heterocycles. The number of para-hydroxylation sites is 1. The number of halogens is 2. The molecule has 4 nitrogen and oxygen atoms in total. The summed E-state index contributed by atoms with van der Waals surface area (Å²) in [5.74, 6) is 0. The lowest BCUT2D eigenvalue weighted by Crippen LogP contribution is -2.20. The van der Waals surface area contributed by atoms with Crippen LogP contribution in [0.3, 0.4) is 0 Å². The summed E-state index contributed by atoms with van der Waals surface area (Å²) >= 11 is 17.8. The SMILES string of the molecule is CCc1ccccc1NC(=S)Nc1c(C)nn(Cc2ccc(Cl)cc2Cl)c1C. The van der Waals surface area contributed by atoms with Gasteiger partial charge in [-0.15, -0.1) is 0 Å². The predicted molar refractivity (Wildman–Crippen MR) is 123 cm³/mol. The first-order chi connectivity index (χ1) is 13.4. The topological polar surface area (TPSA) is 41.9 Å². The molecule has 28 heavy (non-hydrogen) atoms. The van der Waals surface area contributed by atoms with Gasteiger partial charge >= 0.3 is 0 Å². The third-order valence-corrected chi connectivity index (χ3v) is 5.39. The smallest absolute Gasteiger partial charge is 0.175 e. The van der Waals surface area contributed by atoms with Crippen LogP contribution in [0.4, 0.5) is 11.4 Å². The van der Waals surface area contributed by atoms with Crippen LogP contribution in [0, 0.1) is 13.8 Å². The maximum absolute atomic E-state index is 6.31. The van der Waals surface area contributed by atoms with Gasteiger partial charge in [-0.25, -0.2) is 0 Å². The summed E-state index contributed by atoms with van der Waals surface area (Å²) in [6.07, 6.45) is 0.934. The Morgan fingerprint density at radius 1 is 1.07 bits per heavy atom. The van der Waals surface area contributed by atoms with Crippen molar-refractivity contribution < 1.29 is 0 Å². The molecule has 0 aliphatic carbocycles. The van der Waals surface area contributed by atoms with E-state index in [4.69, 9.17) is 35.4 Å². The van der Waals surface area contributed by atoms with Crippen molar-refractivity contribution >= 4 is 51.9 Å². The fourth-order valence-electron chi connectivity index (χ4n) is 3.06. The summed E-state index contributed by atoms with van der Waals surface area (Å²) in [4.78, 5) is 0. The molecule has 1 aromatic heterocycles. The highest BCUT2D eigenvalue weighted by molar-refractivity contribution is 7.80. The first-order valence-electron chi connectivity index (χ1n) is 9.03. The first kappa shape index (κ1) is 20.6. The molecule has 0 fully saturated rings. The molecule has 0 aliphatic heterocycles. The Labute approximate surface area is 180 Å². The van der Waals surface area contributed by atoms with Crippen molar-refractivity contribution in [1.82, 2.24) is 9.78 Å². The molecule has 0 radical (unpaired) electrons. The summed E-state index contributed by atoms with van der Waals surface area (Å²) in [5.41, 5.74) is 5.94. The molecule has 2 N–H and O–H groups in total. The van der Waals surface area contributed by atoms with Crippen molar-refractivity contribution in [1.29, 1.82) is 0 Å². The molecule has 3 rings (SSSR count). The Kier molecular flexibility index (Phi) is 6.60. The molecule has 0 amide bonds. The number of hydrogen-bond acceptors (Lipinski definition) is 2. The number of nitrogens with zero attached hydrogens (tertiary/aromatic N) is 2. The third-order valence-electron chi connectivity index (χ3n) is 4.60. The molecule has 3 aromatic rings. The number of aromatic nitrogens is 2. The zero-order valence-corrected chi connectivity index (χ0v) is 18.3. The summed E-state index contributed by atoms with van der Waals surface area (Å²) in [6, 6.07) is 13.6. The van der Waals surface area contributed by atoms with E-state index in [0.717, 1.165) is 34.7 Å². The number of anilines is 2. The maximum atomic E-state index is 6.31. The van der Waals surface area contributed by atoms with Crippen molar-refractivity contribution in [3.63, 3.8) is 0 Å². The Hall–Kier alpha value is -2.08. The van der Waals surface area contributed by atoms with Crippen LogP contribution in [-0.4, -0.2) is 14.9 Å². The number of benzene rings is 2. The fourth-order valence-corrected chi connectivity index (χ4v) is 3.74. The fraction of sp³-hybridized carbons (Fsp3) is 0.238. The largest absolute Gasteiger partial charge is 0.332 e. The molecule has 0 aliphatic rings. The van der Waals surface area contributed by atoms with E-state index >= 15 is 0 Å². The molecule has 0 unspecified atom stereocenters. The van der Waals surface area contributed by atoms with E-state index in [0.29, 0.717) is 21.7 Å². The number of hydrogen-bond donors (Lipinski definition) is 2. The van der Waals surface area contributed by atoms with Crippen molar-refractivity contribution in [2.75, 3.05) is 10.6 Å². The average molecular weight is 433 g/mol. The minimum atomic E-state index is 0.538. The highest BCUT2D eigenvalue weighted by Gasteiger charge is 2.14. The van der Waals surface area contributed by atoms with Crippen LogP contribution in [0.1, 0.15) is 29.4 Å². The Morgan fingerprint density at radius 3 is 2.54 bits per heavy atom. The van der Waals surface area contributed by atoms with E-state index in [1.165, 1.54) is 5.56 Å². The van der Waals surface area contributed by atoms with Gasteiger partial charge in [0.25, 0.3) is 0 Å². The summed E-state index contributed by atoms with van der Waals surface area (Å²) in [5, 5.41) is 13.0. The Morgan fingerprint density at radius 2 is 1.82 bits per heavy atom. The van der Waals surface area contributed by atoms with Crippen LogP contribution < -0.4 is 10.6 Å². The lowest BCUT2D eigenvalue weighted by atomic mass is 10.1. The maximum Gasteiger partial charge on any atom is 0.175 e. The minimum Gasteiger partial charge on any atom is -0.332 e. The van der Waals surface area contributed by atoms with Gasteiger partial charge in [0.15, 0.2) is 5.11 Å². The van der Waals surface area contributed by atoms with Crippen molar-refractivity contribution in [3.05, 3.63) is 75.0 Å². The number of rotatable bonds is 5. The Balaban J connectivity index is 1.77. The zero-order valence-electron chi connectivity index (χ0n) is 16.0. The molecule has 7 heteroatoms.